The summed E-state index contributed by atoms with van der Waals surface area (Å²) in [4.78, 5) is 18.1. The van der Waals surface area contributed by atoms with Crippen LogP contribution < -0.4 is 10.6 Å². The molecule has 0 aliphatic carbocycles. The van der Waals surface area contributed by atoms with Gasteiger partial charge in [-0.1, -0.05) is 12.1 Å². The predicted molar refractivity (Wildman–Crippen MR) is 82.2 cm³/mol. The summed E-state index contributed by atoms with van der Waals surface area (Å²) in [7, 11) is 0. The van der Waals surface area contributed by atoms with Crippen LogP contribution in [0.3, 0.4) is 0 Å². The number of aromatic nitrogens is 2. The molecular formula is C14H14F3N5O2. The molecular weight excluding hydrogens is 327 g/mol. The second-order valence-corrected chi connectivity index (χ2v) is 5.14. The van der Waals surface area contributed by atoms with E-state index in [4.69, 9.17) is 0 Å². The molecule has 0 aliphatic heterocycles. The van der Waals surface area contributed by atoms with E-state index in [9.17, 15) is 23.3 Å². The van der Waals surface area contributed by atoms with E-state index >= 15 is 0 Å². The average molecular weight is 341 g/mol. The largest absolute Gasteiger partial charge is 0.418 e. The zero-order valence-electron chi connectivity index (χ0n) is 12.8. The average Bonchev–Trinajstić information content (AvgIpc) is 2.46. The third-order valence-corrected chi connectivity index (χ3v) is 2.92. The molecule has 1 aromatic carbocycles. The molecule has 2 N–H and O–H groups in total. The SMILES string of the molecule is CC(C)Nc1ncnc(Nc2ccccc2C(F)(F)F)c1[N+](=O)[O-]. The van der Waals surface area contributed by atoms with Gasteiger partial charge in [0.1, 0.15) is 6.33 Å². The van der Waals surface area contributed by atoms with Crippen molar-refractivity contribution in [3.8, 4) is 0 Å². The molecule has 0 fully saturated rings. The van der Waals surface area contributed by atoms with Crippen LogP contribution in [-0.2, 0) is 6.18 Å². The van der Waals surface area contributed by atoms with Crippen molar-refractivity contribution in [1.29, 1.82) is 0 Å². The van der Waals surface area contributed by atoms with Crippen LogP contribution in [0.1, 0.15) is 19.4 Å². The molecule has 0 radical (unpaired) electrons. The van der Waals surface area contributed by atoms with E-state index in [2.05, 4.69) is 20.6 Å². The van der Waals surface area contributed by atoms with Crippen LogP contribution in [0.5, 0.6) is 0 Å². The number of rotatable bonds is 5. The van der Waals surface area contributed by atoms with Crippen LogP contribution in [-0.4, -0.2) is 20.9 Å². The number of hydrogen-bond acceptors (Lipinski definition) is 6. The van der Waals surface area contributed by atoms with Crippen LogP contribution in [0, 0.1) is 10.1 Å². The lowest BCUT2D eigenvalue weighted by Gasteiger charge is -2.15. The van der Waals surface area contributed by atoms with Crippen LogP contribution in [0.25, 0.3) is 0 Å². The van der Waals surface area contributed by atoms with Gasteiger partial charge in [0, 0.05) is 6.04 Å². The first-order valence-electron chi connectivity index (χ1n) is 6.89. The monoisotopic (exact) mass is 341 g/mol. The topological polar surface area (TPSA) is 93.0 Å². The predicted octanol–water partition coefficient (Wildman–Crippen LogP) is 3.97. The number of halogens is 3. The summed E-state index contributed by atoms with van der Waals surface area (Å²) in [6.07, 6.45) is -3.57. The van der Waals surface area contributed by atoms with E-state index in [-0.39, 0.29) is 23.4 Å². The standard InChI is InChI=1S/C14H14F3N5O2/c1-8(2)20-12-11(22(23)24)13(19-7-18-12)21-10-6-4-3-5-9(10)14(15,16)17/h3-8H,1-2H3,(H2,18,19,20,21). The summed E-state index contributed by atoms with van der Waals surface area (Å²) >= 11 is 0. The summed E-state index contributed by atoms with van der Waals surface area (Å²) in [5.41, 5.74) is -1.80. The molecule has 0 spiro atoms. The van der Waals surface area contributed by atoms with E-state index in [1.807, 2.05) is 0 Å². The maximum Gasteiger partial charge on any atom is 0.418 e. The highest BCUT2D eigenvalue weighted by atomic mass is 19.4. The van der Waals surface area contributed by atoms with Gasteiger partial charge in [0.05, 0.1) is 16.2 Å². The highest BCUT2D eigenvalue weighted by Gasteiger charge is 2.34. The van der Waals surface area contributed by atoms with Gasteiger partial charge in [-0.05, 0) is 26.0 Å². The summed E-state index contributed by atoms with van der Waals surface area (Å²) in [5, 5.41) is 16.5. The molecule has 0 unspecified atom stereocenters. The summed E-state index contributed by atoms with van der Waals surface area (Å²) < 4.78 is 39.1. The Hall–Kier alpha value is -2.91. The van der Waals surface area contributed by atoms with Crippen LogP contribution in [0.2, 0.25) is 0 Å². The normalized spacial score (nSPS) is 11.4. The quantitative estimate of drug-likeness (QED) is 0.631. The van der Waals surface area contributed by atoms with Gasteiger partial charge in [-0.3, -0.25) is 10.1 Å². The molecule has 0 saturated heterocycles. The first-order valence-corrected chi connectivity index (χ1v) is 6.89. The van der Waals surface area contributed by atoms with Gasteiger partial charge in [-0.2, -0.15) is 13.2 Å². The number of nitrogens with zero attached hydrogens (tertiary/aromatic N) is 3. The highest BCUT2D eigenvalue weighted by Crippen LogP contribution is 2.38. The number of benzene rings is 1. The van der Waals surface area contributed by atoms with Crippen molar-refractivity contribution in [2.45, 2.75) is 26.1 Å². The van der Waals surface area contributed by atoms with Crippen LogP contribution in [0.4, 0.5) is 36.2 Å². The van der Waals surface area contributed by atoms with Gasteiger partial charge in [0.25, 0.3) is 0 Å². The molecule has 1 aromatic heterocycles. The molecule has 2 aromatic rings. The maximum atomic E-state index is 13.0. The molecule has 0 amide bonds. The van der Waals surface area contributed by atoms with Crippen molar-refractivity contribution >= 4 is 23.0 Å². The molecule has 7 nitrogen and oxygen atoms in total. The number of anilines is 3. The molecule has 10 heteroatoms. The van der Waals surface area contributed by atoms with Crippen molar-refractivity contribution in [2.24, 2.45) is 0 Å². The number of hydrogen-bond donors (Lipinski definition) is 2. The Bertz CT molecular complexity index is 749. The van der Waals surface area contributed by atoms with Crippen molar-refractivity contribution in [3.05, 3.63) is 46.3 Å². The van der Waals surface area contributed by atoms with Crippen molar-refractivity contribution in [1.82, 2.24) is 9.97 Å². The van der Waals surface area contributed by atoms with Crippen molar-refractivity contribution < 1.29 is 18.1 Å². The zero-order chi connectivity index (χ0) is 17.9. The Morgan fingerprint density at radius 2 is 1.79 bits per heavy atom. The van der Waals surface area contributed by atoms with Crippen LogP contribution >= 0.6 is 0 Å². The van der Waals surface area contributed by atoms with Gasteiger partial charge < -0.3 is 10.6 Å². The second kappa shape index (κ2) is 6.69. The van der Waals surface area contributed by atoms with Crippen LogP contribution in [0.15, 0.2) is 30.6 Å². The highest BCUT2D eigenvalue weighted by molar-refractivity contribution is 5.75. The number of nitro groups is 1. The Morgan fingerprint density at radius 3 is 2.38 bits per heavy atom. The van der Waals surface area contributed by atoms with E-state index in [0.29, 0.717) is 0 Å². The third-order valence-electron chi connectivity index (χ3n) is 2.92. The van der Waals surface area contributed by atoms with Gasteiger partial charge in [0.2, 0.25) is 11.6 Å². The number of alkyl halides is 3. The number of nitrogens with one attached hydrogen (secondary N) is 2. The minimum absolute atomic E-state index is 0.0722. The third kappa shape index (κ3) is 3.89. The molecule has 128 valence electrons. The second-order valence-electron chi connectivity index (χ2n) is 5.14. The summed E-state index contributed by atoms with van der Waals surface area (Å²) in [5.74, 6) is -0.396. The lowest BCUT2D eigenvalue weighted by molar-refractivity contribution is -0.383. The summed E-state index contributed by atoms with van der Waals surface area (Å²) in [6.45, 7) is 3.50. The maximum absolute atomic E-state index is 13.0. The lowest BCUT2D eigenvalue weighted by Crippen LogP contribution is -2.15. The van der Waals surface area contributed by atoms with E-state index in [0.717, 1.165) is 12.4 Å². The molecule has 2 rings (SSSR count). The Kier molecular flexibility index (Phi) is 4.86. The zero-order valence-corrected chi connectivity index (χ0v) is 12.8. The fraction of sp³-hybridized carbons (Fsp3) is 0.286. The lowest BCUT2D eigenvalue weighted by atomic mass is 10.1. The van der Waals surface area contributed by atoms with Gasteiger partial charge in [-0.15, -0.1) is 0 Å². The molecule has 0 atom stereocenters. The van der Waals surface area contributed by atoms with Gasteiger partial charge in [-0.25, -0.2) is 9.97 Å². The molecule has 0 bridgehead atoms. The smallest absolute Gasteiger partial charge is 0.362 e. The Morgan fingerprint density at radius 1 is 1.17 bits per heavy atom. The first kappa shape index (κ1) is 17.4. The molecule has 24 heavy (non-hydrogen) atoms. The first-order chi connectivity index (χ1) is 11.2. The summed E-state index contributed by atoms with van der Waals surface area (Å²) in [6, 6.07) is 4.51. The molecule has 0 saturated carbocycles. The molecule has 1 heterocycles. The van der Waals surface area contributed by atoms with Crippen molar-refractivity contribution in [3.63, 3.8) is 0 Å². The minimum Gasteiger partial charge on any atom is -0.362 e. The fourth-order valence-corrected chi connectivity index (χ4v) is 1.99. The van der Waals surface area contributed by atoms with E-state index < -0.39 is 22.4 Å². The fourth-order valence-electron chi connectivity index (χ4n) is 1.99. The molecule has 0 aliphatic rings. The van der Waals surface area contributed by atoms with E-state index in [1.54, 1.807) is 13.8 Å². The minimum atomic E-state index is -4.61. The van der Waals surface area contributed by atoms with Crippen molar-refractivity contribution in [2.75, 3.05) is 10.6 Å². The Labute approximate surface area is 135 Å². The van der Waals surface area contributed by atoms with Gasteiger partial charge in [0.15, 0.2) is 0 Å². The van der Waals surface area contributed by atoms with E-state index in [1.165, 1.54) is 18.2 Å². The Balaban J connectivity index is 2.50. The van der Waals surface area contributed by atoms with Gasteiger partial charge >= 0.3 is 11.9 Å². The number of para-hydroxylation sites is 1.